The number of amides is 1. The zero-order valence-electron chi connectivity index (χ0n) is 14.9. The molecule has 0 spiro atoms. The second-order valence-electron chi connectivity index (χ2n) is 8.58. The number of aliphatic carboxylic acids is 1. The lowest BCUT2D eigenvalue weighted by Crippen LogP contribution is -2.46. The number of hydrogen-bond donors (Lipinski definition) is 3. The van der Waals surface area contributed by atoms with Gasteiger partial charge in [-0.3, -0.25) is 9.59 Å². The number of nitrogens with one attached hydrogen (secondary N) is 1. The number of rotatable bonds is 2. The van der Waals surface area contributed by atoms with E-state index in [0.29, 0.717) is 23.5 Å². The molecule has 1 amide bonds. The lowest BCUT2D eigenvalue weighted by atomic mass is 9.49. The molecule has 4 bridgehead atoms. The number of carboxylic acid groups (broad SMARTS) is 1. The fraction of sp³-hybridized carbons (Fsp3) is 0.600. The van der Waals surface area contributed by atoms with Crippen molar-refractivity contribution in [2.24, 2.45) is 23.2 Å². The van der Waals surface area contributed by atoms with Crippen LogP contribution in [0.25, 0.3) is 0 Å². The first-order valence-electron chi connectivity index (χ1n) is 9.45. The van der Waals surface area contributed by atoms with Gasteiger partial charge in [-0.1, -0.05) is 0 Å². The number of nitrogen functional groups attached to an aromatic ring is 1. The normalized spacial score (nSPS) is 33.4. The molecule has 1 aromatic carbocycles. The number of carbonyl (C=O) groups is 2. The molecule has 1 aromatic rings. The van der Waals surface area contributed by atoms with Crippen LogP contribution in [-0.4, -0.2) is 23.6 Å². The molecule has 6 heteroatoms. The molecule has 0 saturated heterocycles. The van der Waals surface area contributed by atoms with Gasteiger partial charge in [-0.15, -0.1) is 0 Å². The van der Waals surface area contributed by atoms with Crippen molar-refractivity contribution < 1.29 is 19.4 Å². The van der Waals surface area contributed by atoms with Gasteiger partial charge >= 0.3 is 5.97 Å². The molecule has 0 radical (unpaired) electrons. The Morgan fingerprint density at radius 3 is 2.38 bits per heavy atom. The quantitative estimate of drug-likeness (QED) is 0.704. The van der Waals surface area contributed by atoms with E-state index in [1.165, 1.54) is 38.5 Å². The zero-order valence-corrected chi connectivity index (χ0v) is 14.9. The number of ether oxygens (including phenoxy) is 1. The van der Waals surface area contributed by atoms with E-state index >= 15 is 0 Å². The summed E-state index contributed by atoms with van der Waals surface area (Å²) in [6.07, 6.45) is 8.29. The molecular weight excluding hydrogens is 332 g/mol. The molecule has 1 aliphatic heterocycles. The van der Waals surface area contributed by atoms with Crippen molar-refractivity contribution in [2.75, 3.05) is 17.7 Å². The summed E-state index contributed by atoms with van der Waals surface area (Å²) in [5.41, 5.74) is 7.06. The third kappa shape index (κ3) is 3.50. The predicted octanol–water partition coefficient (Wildman–Crippen LogP) is 3.28. The first-order valence-corrected chi connectivity index (χ1v) is 9.45. The summed E-state index contributed by atoms with van der Waals surface area (Å²) in [6, 6.07) is 5.13. The van der Waals surface area contributed by atoms with Crippen molar-refractivity contribution in [3.8, 4) is 5.75 Å². The Morgan fingerprint density at radius 1 is 1.19 bits per heavy atom. The summed E-state index contributed by atoms with van der Waals surface area (Å²) < 4.78 is 5.12. The Labute approximate surface area is 153 Å². The number of benzene rings is 1. The second-order valence-corrected chi connectivity index (χ2v) is 8.58. The molecule has 1 heterocycles. The number of fused-ring (bicyclic) bond motifs is 1. The number of carboxylic acids is 1. The van der Waals surface area contributed by atoms with Crippen molar-refractivity contribution in [1.29, 1.82) is 0 Å². The van der Waals surface area contributed by atoms with E-state index in [-0.39, 0.29) is 17.9 Å². The van der Waals surface area contributed by atoms with Gasteiger partial charge in [0.15, 0.2) is 6.61 Å². The van der Waals surface area contributed by atoms with Gasteiger partial charge < -0.3 is 20.9 Å². The third-order valence-electron chi connectivity index (χ3n) is 6.33. The maximum Gasteiger partial charge on any atom is 0.303 e. The highest BCUT2D eigenvalue weighted by molar-refractivity contribution is 5.95. The summed E-state index contributed by atoms with van der Waals surface area (Å²) in [5, 5.41) is 11.6. The van der Waals surface area contributed by atoms with E-state index < -0.39 is 5.97 Å². The smallest absolute Gasteiger partial charge is 0.303 e. The molecule has 6 nitrogen and oxygen atoms in total. The van der Waals surface area contributed by atoms with Crippen LogP contribution in [0, 0.1) is 23.2 Å². The van der Waals surface area contributed by atoms with Gasteiger partial charge in [0.1, 0.15) is 5.75 Å². The van der Waals surface area contributed by atoms with Crippen molar-refractivity contribution >= 4 is 23.3 Å². The molecule has 6 rings (SSSR count). The van der Waals surface area contributed by atoms with Crippen molar-refractivity contribution in [3.05, 3.63) is 18.2 Å². The standard InChI is InChI=1S/C12H18O2.C8H8N2O2/c13-11(14)7-12-4-8-1-9(5-12)3-10(2-8)6-12;9-5-1-2-6-7(3-5)12-4-8(11)10-6/h8-10H,1-7H2,(H,13,14);1-3H,4,9H2,(H,10,11). The first-order chi connectivity index (χ1) is 12.4. The molecule has 4 aliphatic carbocycles. The maximum absolute atomic E-state index is 10.9. The van der Waals surface area contributed by atoms with Crippen LogP contribution in [0.4, 0.5) is 11.4 Å². The molecule has 0 atom stereocenters. The van der Waals surface area contributed by atoms with Gasteiger partial charge in [0.25, 0.3) is 5.91 Å². The Bertz CT molecular complexity index is 695. The lowest BCUT2D eigenvalue weighted by Gasteiger charge is -2.56. The summed E-state index contributed by atoms with van der Waals surface area (Å²) >= 11 is 0. The summed E-state index contributed by atoms with van der Waals surface area (Å²) in [7, 11) is 0. The van der Waals surface area contributed by atoms with Gasteiger partial charge in [0.2, 0.25) is 0 Å². The Morgan fingerprint density at radius 2 is 1.81 bits per heavy atom. The molecule has 4 fully saturated rings. The molecule has 4 saturated carbocycles. The molecule has 140 valence electrons. The van der Waals surface area contributed by atoms with Crippen LogP contribution >= 0.6 is 0 Å². The fourth-order valence-electron chi connectivity index (χ4n) is 5.92. The number of hydrogen-bond acceptors (Lipinski definition) is 4. The molecule has 4 N–H and O–H groups in total. The van der Waals surface area contributed by atoms with E-state index in [2.05, 4.69) is 5.32 Å². The molecule has 0 unspecified atom stereocenters. The fourth-order valence-corrected chi connectivity index (χ4v) is 5.92. The minimum Gasteiger partial charge on any atom is -0.482 e. The summed E-state index contributed by atoms with van der Waals surface area (Å²) in [6.45, 7) is 0.0659. The van der Waals surface area contributed by atoms with Crippen LogP contribution in [0.2, 0.25) is 0 Å². The van der Waals surface area contributed by atoms with Gasteiger partial charge in [-0.25, -0.2) is 0 Å². The largest absolute Gasteiger partial charge is 0.482 e. The second kappa shape index (κ2) is 6.49. The SMILES string of the molecule is Nc1ccc2c(c1)OCC(=O)N2.O=C(O)CC12CC3CC(CC(C3)C1)C2. The van der Waals surface area contributed by atoms with Gasteiger partial charge in [-0.2, -0.15) is 0 Å². The maximum atomic E-state index is 10.9. The molecule has 0 aromatic heterocycles. The molecule has 5 aliphatic rings. The van der Waals surface area contributed by atoms with Crippen LogP contribution in [0.5, 0.6) is 5.75 Å². The van der Waals surface area contributed by atoms with Crippen molar-refractivity contribution in [1.82, 2.24) is 0 Å². The molecule has 26 heavy (non-hydrogen) atoms. The van der Waals surface area contributed by atoms with Gasteiger partial charge in [-0.05, 0) is 73.8 Å². The lowest BCUT2D eigenvalue weighted by molar-refractivity contribution is -0.145. The number of anilines is 2. The van der Waals surface area contributed by atoms with E-state index in [4.69, 9.17) is 15.6 Å². The van der Waals surface area contributed by atoms with Crippen LogP contribution in [0.15, 0.2) is 18.2 Å². The Balaban J connectivity index is 0.000000131. The third-order valence-corrected chi connectivity index (χ3v) is 6.33. The first kappa shape index (κ1) is 17.2. The minimum atomic E-state index is -0.577. The average molecular weight is 358 g/mol. The predicted molar refractivity (Wildman–Crippen MR) is 97.8 cm³/mol. The highest BCUT2D eigenvalue weighted by Gasteiger charge is 2.51. The highest BCUT2D eigenvalue weighted by atomic mass is 16.5. The van der Waals surface area contributed by atoms with E-state index in [9.17, 15) is 9.59 Å². The number of nitrogens with two attached hydrogens (primary N) is 1. The topological polar surface area (TPSA) is 102 Å². The summed E-state index contributed by atoms with van der Waals surface area (Å²) in [5.74, 6) is 2.55. The van der Waals surface area contributed by atoms with Crippen LogP contribution < -0.4 is 15.8 Å². The van der Waals surface area contributed by atoms with Crippen molar-refractivity contribution in [2.45, 2.75) is 44.9 Å². The highest BCUT2D eigenvalue weighted by Crippen LogP contribution is 2.61. The van der Waals surface area contributed by atoms with Gasteiger partial charge in [0, 0.05) is 11.8 Å². The van der Waals surface area contributed by atoms with Gasteiger partial charge in [0.05, 0.1) is 12.1 Å². The van der Waals surface area contributed by atoms with E-state index in [0.717, 1.165) is 17.8 Å². The van der Waals surface area contributed by atoms with E-state index in [1.54, 1.807) is 18.2 Å². The Hall–Kier alpha value is -2.24. The molecular formula is C20H26N2O4. The summed E-state index contributed by atoms with van der Waals surface area (Å²) in [4.78, 5) is 21.7. The monoisotopic (exact) mass is 358 g/mol. The minimum absolute atomic E-state index is 0.0659. The van der Waals surface area contributed by atoms with Crippen LogP contribution in [0.1, 0.15) is 44.9 Å². The van der Waals surface area contributed by atoms with E-state index in [1.807, 2.05) is 0 Å². The van der Waals surface area contributed by atoms with Crippen LogP contribution in [0.3, 0.4) is 0 Å². The van der Waals surface area contributed by atoms with Crippen molar-refractivity contribution in [3.63, 3.8) is 0 Å². The number of carbonyl (C=O) groups excluding carboxylic acids is 1. The average Bonchev–Trinajstić information content (AvgIpc) is 2.53. The zero-order chi connectivity index (χ0) is 18.3. The Kier molecular flexibility index (Phi) is 4.29. The van der Waals surface area contributed by atoms with Crippen LogP contribution in [-0.2, 0) is 9.59 Å².